The van der Waals surface area contributed by atoms with Crippen molar-refractivity contribution in [2.45, 2.75) is 86.2 Å². The number of hydrogen-bond acceptors (Lipinski definition) is 2. The zero-order chi connectivity index (χ0) is 17.5. The topological polar surface area (TPSA) is 22.1 Å². The minimum absolute atomic E-state index is 0.301. The molecule has 1 aliphatic heterocycles. The van der Waals surface area contributed by atoms with Crippen LogP contribution in [0.1, 0.15) is 94.3 Å². The second-order valence-corrected chi connectivity index (χ2v) is 8.23. The third-order valence-corrected chi connectivity index (χ3v) is 6.05. The van der Waals surface area contributed by atoms with E-state index in [1.807, 2.05) is 0 Å². The molecule has 0 N–H and O–H groups in total. The van der Waals surface area contributed by atoms with E-state index < -0.39 is 0 Å². The molecule has 1 aromatic rings. The fourth-order valence-electron chi connectivity index (χ4n) is 3.96. The summed E-state index contributed by atoms with van der Waals surface area (Å²) in [5.41, 5.74) is 6.93. The van der Waals surface area contributed by atoms with Crippen molar-refractivity contribution in [2.24, 2.45) is 11.8 Å². The van der Waals surface area contributed by atoms with Gasteiger partial charge in [0, 0.05) is 17.3 Å². The molecular formula is C21H35NO. The molecule has 0 bridgehead atoms. The molecule has 0 amide bonds. The van der Waals surface area contributed by atoms with Gasteiger partial charge in [0.1, 0.15) is 0 Å². The number of hydrogen-bond donors (Lipinski definition) is 0. The van der Waals surface area contributed by atoms with Gasteiger partial charge in [-0.3, -0.25) is 4.98 Å². The largest absolute Gasteiger partial charge is 0.378 e. The van der Waals surface area contributed by atoms with Crippen LogP contribution < -0.4 is 0 Å². The molecule has 1 unspecified atom stereocenters. The highest BCUT2D eigenvalue weighted by atomic mass is 16.5. The lowest BCUT2D eigenvalue weighted by molar-refractivity contribution is 0.00398. The minimum Gasteiger partial charge on any atom is -0.378 e. The van der Waals surface area contributed by atoms with E-state index in [-0.39, 0.29) is 0 Å². The van der Waals surface area contributed by atoms with E-state index in [9.17, 15) is 0 Å². The average Bonchev–Trinajstić information content (AvgIpc) is 2.47. The smallest absolute Gasteiger partial charge is 0.0578 e. The van der Waals surface area contributed by atoms with Gasteiger partial charge in [-0.2, -0.15) is 0 Å². The van der Waals surface area contributed by atoms with E-state index in [2.05, 4.69) is 62.3 Å². The number of ether oxygens (including phenoxy) is 1. The summed E-state index contributed by atoms with van der Waals surface area (Å²) < 4.78 is 6.27. The molecule has 4 atom stereocenters. The molecule has 2 nitrogen and oxygen atoms in total. The van der Waals surface area contributed by atoms with Gasteiger partial charge < -0.3 is 4.74 Å². The molecule has 0 aromatic carbocycles. The average molecular weight is 318 g/mol. The van der Waals surface area contributed by atoms with Crippen molar-refractivity contribution >= 4 is 0 Å². The van der Waals surface area contributed by atoms with Crippen molar-refractivity contribution in [1.82, 2.24) is 4.98 Å². The van der Waals surface area contributed by atoms with Crippen LogP contribution in [0.5, 0.6) is 0 Å². The van der Waals surface area contributed by atoms with Crippen molar-refractivity contribution in [1.29, 1.82) is 0 Å². The fraction of sp³-hybridized carbons (Fsp3) is 0.762. The van der Waals surface area contributed by atoms with Gasteiger partial charge in [0.05, 0.1) is 12.7 Å². The summed E-state index contributed by atoms with van der Waals surface area (Å²) >= 11 is 0. The Morgan fingerprint density at radius 1 is 1.00 bits per heavy atom. The Morgan fingerprint density at radius 3 is 2.13 bits per heavy atom. The van der Waals surface area contributed by atoms with Crippen molar-refractivity contribution < 1.29 is 4.74 Å². The zero-order valence-electron chi connectivity index (χ0n) is 16.5. The molecule has 0 aliphatic carbocycles. The van der Waals surface area contributed by atoms with E-state index in [0.29, 0.717) is 35.7 Å². The van der Waals surface area contributed by atoms with Crippen LogP contribution in [0.15, 0.2) is 0 Å². The molecule has 23 heavy (non-hydrogen) atoms. The monoisotopic (exact) mass is 317 g/mol. The standard InChI is InChI=1S/C21H35NO/c1-11(2)18-10-23-17(9)13(5)14(6)19-15(7)16(8)22-21(12(3)4)20(18)19/h11-14,17-18H,10H2,1-9H3/t13-,14+,17-,18?/m1/s1. The Balaban J connectivity index is 2.80. The maximum atomic E-state index is 6.27. The SMILES string of the molecule is Cc1nc(C(C)C)c2c(c1C)[C@@H](C)[C@@H](C)[C@@H](C)OCC2C(C)C. The molecule has 2 rings (SSSR count). The second kappa shape index (κ2) is 6.93. The van der Waals surface area contributed by atoms with Crippen molar-refractivity contribution in [3.63, 3.8) is 0 Å². The van der Waals surface area contributed by atoms with Crippen LogP contribution in [0.3, 0.4) is 0 Å². The van der Waals surface area contributed by atoms with Gasteiger partial charge in [-0.05, 0) is 61.1 Å². The van der Waals surface area contributed by atoms with Crippen LogP contribution in [0.2, 0.25) is 0 Å². The Kier molecular flexibility index (Phi) is 5.56. The number of fused-ring (bicyclic) bond motifs is 1. The van der Waals surface area contributed by atoms with Crippen molar-refractivity contribution in [3.8, 4) is 0 Å². The fourth-order valence-corrected chi connectivity index (χ4v) is 3.96. The predicted octanol–water partition coefficient (Wildman–Crippen LogP) is 5.72. The second-order valence-electron chi connectivity index (χ2n) is 8.23. The van der Waals surface area contributed by atoms with Crippen LogP contribution in [-0.4, -0.2) is 17.7 Å². The number of rotatable bonds is 2. The maximum absolute atomic E-state index is 6.27. The van der Waals surface area contributed by atoms with Crippen LogP contribution in [-0.2, 0) is 4.74 Å². The number of nitrogens with zero attached hydrogens (tertiary/aromatic N) is 1. The molecule has 2 heterocycles. The molecule has 2 heteroatoms. The van der Waals surface area contributed by atoms with Gasteiger partial charge in [-0.1, -0.05) is 41.5 Å². The highest BCUT2D eigenvalue weighted by molar-refractivity contribution is 5.46. The first-order valence-corrected chi connectivity index (χ1v) is 9.29. The molecule has 0 saturated heterocycles. The predicted molar refractivity (Wildman–Crippen MR) is 98.4 cm³/mol. The Hall–Kier alpha value is -0.890. The lowest BCUT2D eigenvalue weighted by Gasteiger charge is -2.38. The van der Waals surface area contributed by atoms with Gasteiger partial charge >= 0.3 is 0 Å². The Labute approximate surface area is 143 Å². The van der Waals surface area contributed by atoms with E-state index in [1.165, 1.54) is 22.5 Å². The van der Waals surface area contributed by atoms with Crippen LogP contribution in [0.25, 0.3) is 0 Å². The summed E-state index contributed by atoms with van der Waals surface area (Å²) in [6, 6.07) is 0. The van der Waals surface area contributed by atoms with E-state index in [4.69, 9.17) is 9.72 Å². The molecule has 0 radical (unpaired) electrons. The lowest BCUT2D eigenvalue weighted by Crippen LogP contribution is -2.32. The summed E-state index contributed by atoms with van der Waals surface area (Å²) in [6.07, 6.45) is 0.301. The molecule has 1 aromatic heterocycles. The van der Waals surface area contributed by atoms with Crippen LogP contribution >= 0.6 is 0 Å². The van der Waals surface area contributed by atoms with E-state index in [1.54, 1.807) is 5.56 Å². The molecule has 130 valence electrons. The molecule has 0 saturated carbocycles. The highest BCUT2D eigenvalue weighted by Crippen LogP contribution is 2.43. The Morgan fingerprint density at radius 2 is 1.61 bits per heavy atom. The highest BCUT2D eigenvalue weighted by Gasteiger charge is 2.34. The third-order valence-electron chi connectivity index (χ3n) is 6.05. The number of aryl methyl sites for hydroxylation is 1. The first-order chi connectivity index (χ1) is 10.7. The first kappa shape index (κ1) is 18.4. The van der Waals surface area contributed by atoms with E-state index >= 15 is 0 Å². The lowest BCUT2D eigenvalue weighted by atomic mass is 9.73. The van der Waals surface area contributed by atoms with Crippen molar-refractivity contribution in [2.75, 3.05) is 6.61 Å². The quantitative estimate of drug-likeness (QED) is 0.696. The maximum Gasteiger partial charge on any atom is 0.0578 e. The number of aromatic nitrogens is 1. The molecule has 0 spiro atoms. The first-order valence-electron chi connectivity index (χ1n) is 9.29. The van der Waals surface area contributed by atoms with E-state index in [0.717, 1.165) is 6.61 Å². The molecule has 1 aliphatic rings. The van der Waals surface area contributed by atoms with Gasteiger partial charge in [0.25, 0.3) is 0 Å². The summed E-state index contributed by atoms with van der Waals surface area (Å²) in [7, 11) is 0. The van der Waals surface area contributed by atoms with Crippen molar-refractivity contribution in [3.05, 3.63) is 28.1 Å². The summed E-state index contributed by atoms with van der Waals surface area (Å²) in [5.74, 6) is 2.46. The summed E-state index contributed by atoms with van der Waals surface area (Å²) in [6.45, 7) is 21.4. The zero-order valence-corrected chi connectivity index (χ0v) is 16.5. The van der Waals surface area contributed by atoms with Gasteiger partial charge in [0.2, 0.25) is 0 Å². The van der Waals surface area contributed by atoms with Crippen LogP contribution in [0.4, 0.5) is 0 Å². The third kappa shape index (κ3) is 3.33. The normalized spacial score (nSPS) is 28.7. The van der Waals surface area contributed by atoms with Gasteiger partial charge in [-0.15, -0.1) is 0 Å². The van der Waals surface area contributed by atoms with Gasteiger partial charge in [-0.25, -0.2) is 0 Å². The Bertz CT molecular complexity index is 561. The van der Waals surface area contributed by atoms with Gasteiger partial charge in [0.15, 0.2) is 0 Å². The molecule has 0 fully saturated rings. The summed E-state index contributed by atoms with van der Waals surface area (Å²) in [5, 5.41) is 0. The van der Waals surface area contributed by atoms with Crippen LogP contribution in [0, 0.1) is 25.7 Å². The summed E-state index contributed by atoms with van der Waals surface area (Å²) in [4.78, 5) is 5.01. The molecular weight excluding hydrogens is 282 g/mol. The minimum atomic E-state index is 0.301. The number of pyridine rings is 1.